The van der Waals surface area contributed by atoms with Gasteiger partial charge in [-0.1, -0.05) is 50.6 Å². The molecule has 0 fully saturated rings. The molecule has 23 heavy (non-hydrogen) atoms. The maximum Gasteiger partial charge on any atom is 0.148 e. The Bertz CT molecular complexity index is 700. The van der Waals surface area contributed by atoms with Crippen LogP contribution < -0.4 is 5.73 Å². The lowest BCUT2D eigenvalue weighted by Crippen LogP contribution is -2.14. The molecule has 4 heteroatoms. The molecule has 0 aromatic heterocycles. The lowest BCUT2D eigenvalue weighted by molar-refractivity contribution is 0.134. The van der Waals surface area contributed by atoms with E-state index in [0.717, 1.165) is 11.1 Å². The Morgan fingerprint density at radius 2 is 1.61 bits per heavy atom. The van der Waals surface area contributed by atoms with Gasteiger partial charge in [0, 0.05) is 18.2 Å². The topological polar surface area (TPSA) is 75.7 Å². The molecule has 4 nitrogen and oxygen atoms in total. The van der Waals surface area contributed by atoms with Gasteiger partial charge < -0.3 is 20.7 Å². The van der Waals surface area contributed by atoms with E-state index in [2.05, 4.69) is 0 Å². The van der Waals surface area contributed by atoms with E-state index in [-0.39, 0.29) is 22.6 Å². The molecule has 2 aromatic rings. The van der Waals surface area contributed by atoms with Crippen molar-refractivity contribution >= 4 is 5.69 Å². The molecule has 1 atom stereocenters. The van der Waals surface area contributed by atoms with Crippen molar-refractivity contribution in [1.29, 1.82) is 0 Å². The van der Waals surface area contributed by atoms with Gasteiger partial charge in [0.1, 0.15) is 23.3 Å². The SMILES string of the molecule is COC(c1ccc(C)cc1)c1cc(C(C)(C)C)c(O)c(N)c1O. The second kappa shape index (κ2) is 6.13. The standard InChI is InChI=1S/C19H25NO3/c1-11-6-8-12(9-7-11)18(23-5)13-10-14(19(2,3)4)17(22)15(20)16(13)21/h6-10,18,21-22H,20H2,1-5H3. The van der Waals surface area contributed by atoms with Crippen molar-refractivity contribution in [1.82, 2.24) is 0 Å². The average Bonchev–Trinajstić information content (AvgIpc) is 2.48. The molecule has 1 unspecified atom stereocenters. The van der Waals surface area contributed by atoms with Crippen molar-refractivity contribution in [2.75, 3.05) is 12.8 Å². The van der Waals surface area contributed by atoms with Crippen LogP contribution in [0.25, 0.3) is 0 Å². The quantitative estimate of drug-likeness (QED) is 0.590. The van der Waals surface area contributed by atoms with E-state index < -0.39 is 6.10 Å². The molecule has 124 valence electrons. The fourth-order valence-electron chi connectivity index (χ4n) is 2.66. The Morgan fingerprint density at radius 3 is 2.09 bits per heavy atom. The highest BCUT2D eigenvalue weighted by atomic mass is 16.5. The minimum atomic E-state index is -0.459. The molecule has 0 saturated heterocycles. The van der Waals surface area contributed by atoms with E-state index in [1.54, 1.807) is 13.2 Å². The molecule has 0 heterocycles. The molecule has 0 saturated carbocycles. The van der Waals surface area contributed by atoms with Crippen LogP contribution in [0.3, 0.4) is 0 Å². The molecule has 0 aliphatic rings. The number of phenolic OH excluding ortho intramolecular Hbond substituents is 2. The van der Waals surface area contributed by atoms with Crippen LogP contribution in [0, 0.1) is 6.92 Å². The van der Waals surface area contributed by atoms with Crippen LogP contribution in [0.5, 0.6) is 11.5 Å². The zero-order chi connectivity index (χ0) is 17.4. The summed E-state index contributed by atoms with van der Waals surface area (Å²) in [6, 6.07) is 9.68. The molecular formula is C19H25NO3. The zero-order valence-corrected chi connectivity index (χ0v) is 14.3. The summed E-state index contributed by atoms with van der Waals surface area (Å²) < 4.78 is 5.61. The second-order valence-corrected chi connectivity index (χ2v) is 6.90. The van der Waals surface area contributed by atoms with Crippen molar-refractivity contribution in [2.24, 2.45) is 0 Å². The first kappa shape index (κ1) is 17.2. The Labute approximate surface area is 137 Å². The lowest BCUT2D eigenvalue weighted by atomic mass is 9.83. The van der Waals surface area contributed by atoms with E-state index >= 15 is 0 Å². The highest BCUT2D eigenvalue weighted by Gasteiger charge is 2.27. The number of benzene rings is 2. The normalized spacial score (nSPS) is 13.1. The van der Waals surface area contributed by atoms with Crippen LogP contribution in [0.15, 0.2) is 30.3 Å². The number of rotatable bonds is 3. The van der Waals surface area contributed by atoms with E-state index in [1.165, 1.54) is 0 Å². The van der Waals surface area contributed by atoms with Crippen molar-refractivity contribution in [3.63, 3.8) is 0 Å². The van der Waals surface area contributed by atoms with Gasteiger partial charge in [0.15, 0.2) is 0 Å². The van der Waals surface area contributed by atoms with Gasteiger partial charge in [-0.25, -0.2) is 0 Å². The van der Waals surface area contributed by atoms with E-state index in [4.69, 9.17) is 10.5 Å². The predicted molar refractivity (Wildman–Crippen MR) is 92.9 cm³/mol. The highest BCUT2D eigenvalue weighted by molar-refractivity contribution is 5.69. The van der Waals surface area contributed by atoms with Crippen LogP contribution in [0.4, 0.5) is 5.69 Å². The summed E-state index contributed by atoms with van der Waals surface area (Å²) in [6.07, 6.45) is -0.459. The van der Waals surface area contributed by atoms with Gasteiger partial charge >= 0.3 is 0 Å². The van der Waals surface area contributed by atoms with E-state index in [0.29, 0.717) is 11.1 Å². The number of ether oxygens (including phenoxy) is 1. The average molecular weight is 315 g/mol. The smallest absolute Gasteiger partial charge is 0.148 e. The fraction of sp³-hybridized carbons (Fsp3) is 0.368. The molecule has 2 rings (SSSR count). The molecule has 0 aliphatic carbocycles. The second-order valence-electron chi connectivity index (χ2n) is 6.90. The fourth-order valence-corrected chi connectivity index (χ4v) is 2.66. The Balaban J connectivity index is 2.65. The Morgan fingerprint density at radius 1 is 1.04 bits per heavy atom. The van der Waals surface area contributed by atoms with Crippen LogP contribution in [0.1, 0.15) is 49.1 Å². The Kier molecular flexibility index (Phi) is 4.57. The van der Waals surface area contributed by atoms with Crippen molar-refractivity contribution in [3.05, 3.63) is 52.6 Å². The first-order valence-electron chi connectivity index (χ1n) is 7.61. The van der Waals surface area contributed by atoms with Crippen LogP contribution in [0.2, 0.25) is 0 Å². The maximum absolute atomic E-state index is 10.4. The van der Waals surface area contributed by atoms with E-state index in [1.807, 2.05) is 52.0 Å². The summed E-state index contributed by atoms with van der Waals surface area (Å²) >= 11 is 0. The first-order valence-corrected chi connectivity index (χ1v) is 7.61. The van der Waals surface area contributed by atoms with Gasteiger partial charge in [-0.05, 0) is 24.0 Å². The summed E-state index contributed by atoms with van der Waals surface area (Å²) in [6.45, 7) is 7.96. The summed E-state index contributed by atoms with van der Waals surface area (Å²) in [5.41, 5.74) is 8.89. The largest absolute Gasteiger partial charge is 0.505 e. The van der Waals surface area contributed by atoms with Crippen LogP contribution >= 0.6 is 0 Å². The monoisotopic (exact) mass is 315 g/mol. The molecule has 0 bridgehead atoms. The number of aryl methyl sites for hydroxylation is 1. The van der Waals surface area contributed by atoms with Gasteiger partial charge in [0.05, 0.1) is 0 Å². The number of nitrogens with two attached hydrogens (primary N) is 1. The molecule has 0 spiro atoms. The zero-order valence-electron chi connectivity index (χ0n) is 14.3. The number of hydrogen-bond donors (Lipinski definition) is 3. The van der Waals surface area contributed by atoms with Crippen molar-refractivity contribution < 1.29 is 14.9 Å². The Hall–Kier alpha value is -2.20. The third-order valence-corrected chi connectivity index (χ3v) is 4.04. The molecular weight excluding hydrogens is 290 g/mol. The number of hydrogen-bond acceptors (Lipinski definition) is 4. The number of anilines is 1. The van der Waals surface area contributed by atoms with Gasteiger partial charge in [-0.2, -0.15) is 0 Å². The predicted octanol–water partition coefficient (Wildman–Crippen LogP) is 4.02. The molecule has 0 radical (unpaired) electrons. The van der Waals surface area contributed by atoms with Crippen LogP contribution in [-0.2, 0) is 10.2 Å². The molecule has 0 aliphatic heterocycles. The first-order chi connectivity index (χ1) is 10.7. The lowest BCUT2D eigenvalue weighted by Gasteiger charge is -2.26. The van der Waals surface area contributed by atoms with Gasteiger partial charge in [0.2, 0.25) is 0 Å². The van der Waals surface area contributed by atoms with Crippen molar-refractivity contribution in [2.45, 2.75) is 39.2 Å². The number of nitrogen functional groups attached to an aromatic ring is 1. The molecule has 2 aromatic carbocycles. The summed E-state index contributed by atoms with van der Waals surface area (Å²) in [7, 11) is 1.59. The molecule has 0 amide bonds. The third kappa shape index (κ3) is 3.27. The minimum absolute atomic E-state index is 0.0124. The summed E-state index contributed by atoms with van der Waals surface area (Å²) in [5.74, 6) is -0.208. The van der Waals surface area contributed by atoms with Gasteiger partial charge in [-0.3, -0.25) is 0 Å². The van der Waals surface area contributed by atoms with Gasteiger partial charge in [-0.15, -0.1) is 0 Å². The van der Waals surface area contributed by atoms with Crippen molar-refractivity contribution in [3.8, 4) is 11.5 Å². The summed E-state index contributed by atoms with van der Waals surface area (Å²) in [5, 5.41) is 20.7. The number of phenols is 2. The third-order valence-electron chi connectivity index (χ3n) is 4.04. The number of aromatic hydroxyl groups is 2. The molecule has 4 N–H and O–H groups in total. The number of methoxy groups -OCH3 is 1. The minimum Gasteiger partial charge on any atom is -0.505 e. The maximum atomic E-state index is 10.4. The van der Waals surface area contributed by atoms with E-state index in [9.17, 15) is 10.2 Å². The summed E-state index contributed by atoms with van der Waals surface area (Å²) in [4.78, 5) is 0. The highest BCUT2D eigenvalue weighted by Crippen LogP contribution is 2.45. The van der Waals surface area contributed by atoms with Gasteiger partial charge in [0.25, 0.3) is 0 Å². The van der Waals surface area contributed by atoms with Crippen LogP contribution in [-0.4, -0.2) is 17.3 Å².